The molecule has 1 saturated heterocycles. The summed E-state index contributed by atoms with van der Waals surface area (Å²) < 4.78 is 0. The summed E-state index contributed by atoms with van der Waals surface area (Å²) in [4.78, 5) is 58.5. The number of allylic oxidation sites excluding steroid dienone is 3. The highest BCUT2D eigenvalue weighted by atomic mass is 16.4. The van der Waals surface area contributed by atoms with Crippen LogP contribution < -0.4 is 16.0 Å². The van der Waals surface area contributed by atoms with Crippen molar-refractivity contribution in [2.45, 2.75) is 60.3 Å². The third-order valence-electron chi connectivity index (χ3n) is 8.12. The van der Waals surface area contributed by atoms with Crippen LogP contribution in [0.1, 0.15) is 67.3 Å². The number of amides is 2. The number of nitrogens with one attached hydrogen (secondary N) is 3. The molecule has 0 aromatic carbocycles. The number of carbonyl (C=O) groups is 4. The smallest absolute Gasteiger partial charge is 0.303 e. The van der Waals surface area contributed by atoms with E-state index in [1.54, 1.807) is 13.0 Å². The van der Waals surface area contributed by atoms with Crippen molar-refractivity contribution in [1.29, 1.82) is 0 Å². The van der Waals surface area contributed by atoms with Crippen molar-refractivity contribution < 1.29 is 29.4 Å². The molecule has 0 saturated carbocycles. The van der Waals surface area contributed by atoms with E-state index in [0.29, 0.717) is 38.9 Å². The normalized spacial score (nSPS) is 19.7. The Kier molecular flexibility index (Phi) is 8.99. The second-order valence-corrected chi connectivity index (χ2v) is 10.7. The van der Waals surface area contributed by atoms with Gasteiger partial charge in [0.2, 0.25) is 5.91 Å². The fourth-order valence-electron chi connectivity index (χ4n) is 5.57. The zero-order valence-corrected chi connectivity index (χ0v) is 25.0. The summed E-state index contributed by atoms with van der Waals surface area (Å²) in [5, 5.41) is 23.1. The van der Waals surface area contributed by atoms with Crippen LogP contribution in [-0.2, 0) is 32.0 Å². The lowest BCUT2D eigenvalue weighted by molar-refractivity contribution is -0.138. The number of H-pyrrole nitrogens is 2. The zero-order chi connectivity index (χ0) is 31.6. The number of hydrogen-bond donors (Lipinski definition) is 5. The summed E-state index contributed by atoms with van der Waals surface area (Å²) in [5.74, 6) is -2.60. The highest BCUT2D eigenvalue weighted by Gasteiger charge is 2.29. The molecule has 2 amide bonds. The van der Waals surface area contributed by atoms with Crippen molar-refractivity contribution in [2.75, 3.05) is 0 Å². The number of nitrogens with zero attached hydrogens (tertiary/aromatic N) is 1. The minimum absolute atomic E-state index is 0.0709. The van der Waals surface area contributed by atoms with Gasteiger partial charge in [-0.3, -0.25) is 19.2 Å². The second-order valence-electron chi connectivity index (χ2n) is 10.7. The summed E-state index contributed by atoms with van der Waals surface area (Å²) in [6, 6.07) is 0. The fourth-order valence-corrected chi connectivity index (χ4v) is 5.57. The molecule has 10 nitrogen and oxygen atoms in total. The highest BCUT2D eigenvalue weighted by molar-refractivity contribution is 6.31. The number of carbonyl (C=O) groups excluding carboxylic acids is 2. The predicted octanol–water partition coefficient (Wildman–Crippen LogP) is 3.14. The first-order valence-corrected chi connectivity index (χ1v) is 14.1. The van der Waals surface area contributed by atoms with E-state index in [-0.39, 0.29) is 43.4 Å². The number of aromatic amines is 2. The van der Waals surface area contributed by atoms with E-state index in [1.807, 2.05) is 45.9 Å². The lowest BCUT2D eigenvalue weighted by Gasteiger charge is -2.04. The van der Waals surface area contributed by atoms with E-state index in [2.05, 4.69) is 26.9 Å². The molecule has 43 heavy (non-hydrogen) atoms. The number of aliphatic imine (C=N–C) groups is 1. The maximum absolute atomic E-state index is 12.4. The predicted molar refractivity (Wildman–Crippen MR) is 165 cm³/mol. The molecule has 0 bridgehead atoms. The van der Waals surface area contributed by atoms with Gasteiger partial charge in [0.1, 0.15) is 0 Å². The minimum atomic E-state index is -0.925. The first-order valence-electron chi connectivity index (χ1n) is 14.1. The maximum Gasteiger partial charge on any atom is 0.303 e. The van der Waals surface area contributed by atoms with Crippen molar-refractivity contribution in [3.05, 3.63) is 85.5 Å². The van der Waals surface area contributed by atoms with Gasteiger partial charge in [0.05, 0.1) is 11.6 Å². The first-order chi connectivity index (χ1) is 20.4. The van der Waals surface area contributed by atoms with Crippen LogP contribution in [0.3, 0.4) is 0 Å². The molecule has 224 valence electrons. The Morgan fingerprint density at radius 3 is 2.14 bits per heavy atom. The lowest BCUT2D eigenvalue weighted by Crippen LogP contribution is -2.16. The van der Waals surface area contributed by atoms with E-state index < -0.39 is 11.9 Å². The summed E-state index contributed by atoms with van der Waals surface area (Å²) in [6.45, 7) is 13.0. The van der Waals surface area contributed by atoms with Crippen molar-refractivity contribution in [1.82, 2.24) is 15.3 Å². The average Bonchev–Trinajstić information content (AvgIpc) is 3.59. The van der Waals surface area contributed by atoms with Crippen LogP contribution in [0.5, 0.6) is 0 Å². The standard InChI is InChI=1S/C33H36N4O6/c1-7-20-19(6)32(42)37-27(20)15-29-23(10-12-31(40)41)18(5)25(35-29)14-28-22(9-11-30(38)39)17(4)24(34-28)13-26-16(3)21(8-2)33(43)36-26/h7-8,13-15,19,34-35H,2,9-12H2,1,3-6H3,(H,37,42)(H,38,39)(H,40,41)/b20-7-,24-13-,27-15-,28-14+/t19-/m1/s1. The van der Waals surface area contributed by atoms with Crippen LogP contribution >= 0.6 is 0 Å². The topological polar surface area (TPSA) is 165 Å². The molecule has 2 aliphatic heterocycles. The number of rotatable bonds is 10. The molecule has 0 unspecified atom stereocenters. The number of hydrogen-bond acceptors (Lipinski definition) is 4. The minimum Gasteiger partial charge on any atom is -0.481 e. The SMILES string of the molecule is C=CC1=C(C)C(/C=c2\[nH]/c(=C/c3[nH]c(/C=C4\NC(=O)[C@H](C)\C4=C\C)c(CCC(=O)O)c3C)c(CCC(=O)O)c2C)=NC1=O. The van der Waals surface area contributed by atoms with Gasteiger partial charge in [-0.2, -0.15) is 0 Å². The van der Waals surface area contributed by atoms with Gasteiger partial charge in [0.15, 0.2) is 0 Å². The van der Waals surface area contributed by atoms with Crippen LogP contribution in [0.15, 0.2) is 46.1 Å². The average molecular weight is 585 g/mol. The first kappa shape index (κ1) is 31.0. The molecule has 4 rings (SSSR count). The van der Waals surface area contributed by atoms with Crippen LogP contribution in [0.2, 0.25) is 0 Å². The molecule has 4 heterocycles. The summed E-state index contributed by atoms with van der Waals surface area (Å²) in [6.07, 6.45) is 9.27. The zero-order valence-electron chi connectivity index (χ0n) is 25.0. The van der Waals surface area contributed by atoms with Crippen LogP contribution in [0, 0.1) is 19.8 Å². The fraction of sp³-hybridized carbons (Fsp3) is 0.303. The van der Waals surface area contributed by atoms with E-state index >= 15 is 0 Å². The molecule has 0 spiro atoms. The molecule has 5 N–H and O–H groups in total. The van der Waals surface area contributed by atoms with Gasteiger partial charge < -0.3 is 25.5 Å². The Morgan fingerprint density at radius 2 is 1.56 bits per heavy atom. The van der Waals surface area contributed by atoms with Crippen molar-refractivity contribution in [3.63, 3.8) is 0 Å². The Hall–Kier alpha value is -4.99. The molecular weight excluding hydrogens is 548 g/mol. The van der Waals surface area contributed by atoms with E-state index in [1.165, 1.54) is 6.08 Å². The largest absolute Gasteiger partial charge is 0.481 e. The maximum atomic E-state index is 12.4. The molecule has 0 aliphatic carbocycles. The Balaban J connectivity index is 1.90. The van der Waals surface area contributed by atoms with Gasteiger partial charge in [-0.1, -0.05) is 18.7 Å². The van der Waals surface area contributed by atoms with Crippen LogP contribution in [-0.4, -0.2) is 49.6 Å². The number of aromatic nitrogens is 2. The van der Waals surface area contributed by atoms with Crippen molar-refractivity contribution in [3.8, 4) is 0 Å². The van der Waals surface area contributed by atoms with Crippen LogP contribution in [0.4, 0.5) is 0 Å². The van der Waals surface area contributed by atoms with Gasteiger partial charge in [0.25, 0.3) is 5.91 Å². The quantitative estimate of drug-likeness (QED) is 0.288. The molecule has 10 heteroatoms. The molecule has 2 aromatic heterocycles. The van der Waals surface area contributed by atoms with Crippen molar-refractivity contribution >= 4 is 47.7 Å². The van der Waals surface area contributed by atoms with E-state index in [9.17, 15) is 29.4 Å². The van der Waals surface area contributed by atoms with Gasteiger partial charge in [-0.25, -0.2) is 4.99 Å². The monoisotopic (exact) mass is 584 g/mol. The van der Waals surface area contributed by atoms with E-state index in [0.717, 1.165) is 33.5 Å². The number of carboxylic acids is 2. The lowest BCUT2D eigenvalue weighted by atomic mass is 10.00. The van der Waals surface area contributed by atoms with Gasteiger partial charge in [-0.15, -0.1) is 0 Å². The third-order valence-corrected chi connectivity index (χ3v) is 8.12. The molecule has 2 aromatic rings. The Bertz CT molecular complexity index is 1810. The Morgan fingerprint density at radius 1 is 0.907 bits per heavy atom. The number of aliphatic carboxylic acids is 2. The Labute approximate surface area is 249 Å². The molecule has 0 radical (unpaired) electrons. The van der Waals surface area contributed by atoms with Crippen molar-refractivity contribution in [2.24, 2.45) is 10.9 Å². The van der Waals surface area contributed by atoms with Gasteiger partial charge in [0, 0.05) is 46.2 Å². The summed E-state index contributed by atoms with van der Waals surface area (Å²) >= 11 is 0. The van der Waals surface area contributed by atoms with E-state index in [4.69, 9.17) is 0 Å². The molecular formula is C33H36N4O6. The van der Waals surface area contributed by atoms with Gasteiger partial charge >= 0.3 is 11.9 Å². The summed E-state index contributed by atoms with van der Waals surface area (Å²) in [7, 11) is 0. The number of carboxylic acid groups (broad SMARTS) is 2. The molecule has 1 atom stereocenters. The van der Waals surface area contributed by atoms with Crippen LogP contribution in [0.25, 0.3) is 18.2 Å². The third kappa shape index (κ3) is 6.28. The second kappa shape index (κ2) is 12.5. The van der Waals surface area contributed by atoms with Gasteiger partial charge in [-0.05, 0) is 99.1 Å². The molecule has 1 fully saturated rings. The molecule has 2 aliphatic rings. The highest BCUT2D eigenvalue weighted by Crippen LogP contribution is 2.30. The summed E-state index contributed by atoms with van der Waals surface area (Å²) in [5.41, 5.74) is 7.88.